The minimum absolute atomic E-state index is 0.00882. The van der Waals surface area contributed by atoms with Crippen LogP contribution in [0, 0.1) is 20.8 Å². The number of aromatic amines is 1. The molecule has 0 unspecified atom stereocenters. The number of piperidine rings is 1. The van der Waals surface area contributed by atoms with Crippen molar-refractivity contribution in [1.82, 2.24) is 9.55 Å². The summed E-state index contributed by atoms with van der Waals surface area (Å²) in [6.07, 6.45) is 3.45. The fraction of sp³-hybridized carbons (Fsp3) is 0.474. The highest BCUT2D eigenvalue weighted by molar-refractivity contribution is 7.71. The van der Waals surface area contributed by atoms with E-state index in [0.717, 1.165) is 23.6 Å². The van der Waals surface area contributed by atoms with E-state index in [1.807, 2.05) is 0 Å². The number of H-pyrrole nitrogens is 1. The standard InChI is InChI=1S/C19H22N4O3S2/c1-12-5-9-21(10-6-12)7-2-8-22-18(24)17-16(20-19(22)27)14-11-13(23(25)26)3-4-15(14)28-17/h3-4,11-12H,2,5-10H2,1H3,(H,20,27)/p+1. The van der Waals surface area contributed by atoms with Crippen LogP contribution in [0.4, 0.5) is 5.69 Å². The minimum atomic E-state index is -0.428. The molecule has 1 aliphatic rings. The molecule has 0 saturated carbocycles. The van der Waals surface area contributed by atoms with Crippen molar-refractivity contribution in [2.45, 2.75) is 32.7 Å². The fourth-order valence-corrected chi connectivity index (χ4v) is 5.34. The number of hydrogen-bond donors (Lipinski definition) is 2. The van der Waals surface area contributed by atoms with E-state index in [2.05, 4.69) is 11.9 Å². The number of nitrogens with one attached hydrogen (secondary N) is 2. The van der Waals surface area contributed by atoms with Gasteiger partial charge in [0, 0.05) is 35.2 Å². The number of likely N-dealkylation sites (tertiary alicyclic amines) is 1. The van der Waals surface area contributed by atoms with Gasteiger partial charge in [0.25, 0.3) is 11.2 Å². The van der Waals surface area contributed by atoms with Crippen LogP contribution < -0.4 is 10.5 Å². The van der Waals surface area contributed by atoms with Gasteiger partial charge >= 0.3 is 0 Å². The lowest BCUT2D eigenvalue weighted by molar-refractivity contribution is -0.906. The van der Waals surface area contributed by atoms with Crippen molar-refractivity contribution in [2.24, 2.45) is 5.92 Å². The quantitative estimate of drug-likeness (QED) is 0.378. The normalized spacial score (nSPS) is 20.0. The highest BCUT2D eigenvalue weighted by Crippen LogP contribution is 2.32. The lowest BCUT2D eigenvalue weighted by atomic mass is 9.99. The number of nitro groups is 1. The monoisotopic (exact) mass is 419 g/mol. The summed E-state index contributed by atoms with van der Waals surface area (Å²) in [5.74, 6) is 0.825. The zero-order valence-electron chi connectivity index (χ0n) is 15.7. The Bertz CT molecular complexity index is 1160. The molecule has 4 rings (SSSR count). The maximum absolute atomic E-state index is 13.0. The topological polar surface area (TPSA) is 85.4 Å². The molecule has 3 heterocycles. The van der Waals surface area contributed by atoms with Gasteiger partial charge in [0.05, 0.1) is 30.1 Å². The van der Waals surface area contributed by atoms with Crippen molar-refractivity contribution in [2.75, 3.05) is 19.6 Å². The molecule has 0 aliphatic carbocycles. The Balaban J connectivity index is 1.61. The number of fused-ring (bicyclic) bond motifs is 3. The van der Waals surface area contributed by atoms with Gasteiger partial charge in [0.15, 0.2) is 4.77 Å². The van der Waals surface area contributed by atoms with Crippen molar-refractivity contribution in [3.05, 3.63) is 43.4 Å². The summed E-state index contributed by atoms with van der Waals surface area (Å²) in [7, 11) is 0. The predicted molar refractivity (Wildman–Crippen MR) is 114 cm³/mol. The molecule has 9 heteroatoms. The van der Waals surface area contributed by atoms with Crippen LogP contribution in [0.25, 0.3) is 20.3 Å². The van der Waals surface area contributed by atoms with E-state index in [-0.39, 0.29) is 11.2 Å². The molecule has 2 N–H and O–H groups in total. The molecule has 28 heavy (non-hydrogen) atoms. The molecule has 1 saturated heterocycles. The zero-order chi connectivity index (χ0) is 19.8. The van der Waals surface area contributed by atoms with E-state index < -0.39 is 4.92 Å². The molecule has 0 bridgehead atoms. The Morgan fingerprint density at radius 2 is 2.14 bits per heavy atom. The van der Waals surface area contributed by atoms with Crippen LogP contribution in [0.2, 0.25) is 0 Å². The smallest absolute Gasteiger partial charge is 0.272 e. The van der Waals surface area contributed by atoms with E-state index in [1.54, 1.807) is 15.5 Å². The molecule has 0 amide bonds. The molecule has 2 aromatic heterocycles. The summed E-state index contributed by atoms with van der Waals surface area (Å²) in [6, 6.07) is 4.66. The Morgan fingerprint density at radius 3 is 2.86 bits per heavy atom. The third-order valence-electron chi connectivity index (χ3n) is 5.69. The first-order chi connectivity index (χ1) is 13.4. The molecule has 0 spiro atoms. The lowest BCUT2D eigenvalue weighted by Crippen LogP contribution is -3.13. The molecule has 1 aromatic carbocycles. The van der Waals surface area contributed by atoms with Crippen molar-refractivity contribution in [3.63, 3.8) is 0 Å². The third-order valence-corrected chi connectivity index (χ3v) is 7.17. The van der Waals surface area contributed by atoms with E-state index in [4.69, 9.17) is 12.2 Å². The highest BCUT2D eigenvalue weighted by Gasteiger charge is 2.19. The lowest BCUT2D eigenvalue weighted by Gasteiger charge is -2.27. The largest absolute Gasteiger partial charge is 0.335 e. The minimum Gasteiger partial charge on any atom is -0.335 e. The van der Waals surface area contributed by atoms with Gasteiger partial charge < -0.3 is 9.88 Å². The summed E-state index contributed by atoms with van der Waals surface area (Å²) >= 11 is 6.79. The third kappa shape index (κ3) is 3.61. The van der Waals surface area contributed by atoms with Gasteiger partial charge in [0.2, 0.25) is 0 Å². The predicted octanol–water partition coefficient (Wildman–Crippen LogP) is 2.89. The molecule has 1 fully saturated rings. The van der Waals surface area contributed by atoms with Gasteiger partial charge in [-0.15, -0.1) is 11.3 Å². The van der Waals surface area contributed by atoms with Crippen LogP contribution in [0.1, 0.15) is 26.2 Å². The first-order valence-electron chi connectivity index (χ1n) is 9.61. The van der Waals surface area contributed by atoms with Crippen molar-refractivity contribution < 1.29 is 9.82 Å². The summed E-state index contributed by atoms with van der Waals surface area (Å²) in [5.41, 5.74) is 0.505. The van der Waals surface area contributed by atoms with Crippen molar-refractivity contribution in [3.8, 4) is 0 Å². The maximum Gasteiger partial charge on any atom is 0.272 e. The fourth-order valence-electron chi connectivity index (χ4n) is 3.97. The number of hydrogen-bond acceptors (Lipinski definition) is 5. The first kappa shape index (κ1) is 19.2. The molecule has 0 atom stereocenters. The number of non-ortho nitro benzene ring substituents is 1. The Kier molecular flexibility index (Phi) is 5.31. The number of thiophene rings is 1. The van der Waals surface area contributed by atoms with Gasteiger partial charge in [-0.1, -0.05) is 6.92 Å². The summed E-state index contributed by atoms with van der Waals surface area (Å²) in [5, 5.41) is 11.7. The number of nitro benzene ring substituents is 1. The van der Waals surface area contributed by atoms with Crippen LogP contribution in [0.3, 0.4) is 0 Å². The molecule has 148 valence electrons. The van der Waals surface area contributed by atoms with E-state index in [0.29, 0.717) is 26.9 Å². The van der Waals surface area contributed by atoms with E-state index >= 15 is 0 Å². The van der Waals surface area contributed by atoms with Crippen LogP contribution >= 0.6 is 23.6 Å². The number of nitrogens with zero attached hydrogens (tertiary/aromatic N) is 2. The van der Waals surface area contributed by atoms with Gasteiger partial charge in [0.1, 0.15) is 4.70 Å². The van der Waals surface area contributed by atoms with Gasteiger partial charge in [-0.05, 0) is 37.0 Å². The average molecular weight is 420 g/mol. The Hall–Kier alpha value is -2.10. The molecular weight excluding hydrogens is 396 g/mol. The molecule has 0 radical (unpaired) electrons. The first-order valence-corrected chi connectivity index (χ1v) is 10.8. The molecule has 1 aliphatic heterocycles. The second-order valence-corrected chi connectivity index (χ2v) is 9.11. The Labute approximate surface area is 170 Å². The molecule has 7 nitrogen and oxygen atoms in total. The van der Waals surface area contributed by atoms with E-state index in [9.17, 15) is 14.9 Å². The maximum atomic E-state index is 13.0. The molecular formula is C19H23N4O3S2+. The van der Waals surface area contributed by atoms with Crippen LogP contribution in [-0.4, -0.2) is 34.1 Å². The van der Waals surface area contributed by atoms with Gasteiger partial charge in [-0.2, -0.15) is 0 Å². The summed E-state index contributed by atoms with van der Waals surface area (Å²) in [6.45, 7) is 6.36. The van der Waals surface area contributed by atoms with Crippen LogP contribution in [-0.2, 0) is 6.54 Å². The number of benzene rings is 1. The second kappa shape index (κ2) is 7.73. The number of rotatable bonds is 5. The number of aromatic nitrogens is 2. The van der Waals surface area contributed by atoms with Crippen molar-refractivity contribution in [1.29, 1.82) is 0 Å². The van der Waals surface area contributed by atoms with Gasteiger partial charge in [-0.3, -0.25) is 19.5 Å². The molecule has 3 aromatic rings. The SMILES string of the molecule is CC1CC[NH+](CCCn2c(=S)[nH]c3c(sc4ccc([N+](=O)[O-])cc43)c2=O)CC1. The summed E-state index contributed by atoms with van der Waals surface area (Å²) < 4.78 is 3.43. The second-order valence-electron chi connectivity index (χ2n) is 7.67. The zero-order valence-corrected chi connectivity index (χ0v) is 17.3. The average Bonchev–Trinajstić information content (AvgIpc) is 3.04. The number of quaternary nitrogens is 1. The van der Waals surface area contributed by atoms with Crippen LogP contribution in [0.15, 0.2) is 23.0 Å². The van der Waals surface area contributed by atoms with Gasteiger partial charge in [-0.25, -0.2) is 0 Å². The Morgan fingerprint density at radius 1 is 1.39 bits per heavy atom. The van der Waals surface area contributed by atoms with E-state index in [1.165, 1.54) is 49.4 Å². The highest BCUT2D eigenvalue weighted by atomic mass is 32.1. The summed E-state index contributed by atoms with van der Waals surface area (Å²) in [4.78, 5) is 28.4. The van der Waals surface area contributed by atoms with Crippen LogP contribution in [0.5, 0.6) is 0 Å². The van der Waals surface area contributed by atoms with Crippen molar-refractivity contribution >= 4 is 49.5 Å².